The number of aryl methyl sites for hydroxylation is 1. The van der Waals surface area contributed by atoms with Crippen LogP contribution in [-0.2, 0) is 0 Å². The van der Waals surface area contributed by atoms with Crippen molar-refractivity contribution in [2.45, 2.75) is 70.9 Å². The molecule has 2 saturated carbocycles. The molecule has 0 bridgehead atoms. The van der Waals surface area contributed by atoms with Crippen LogP contribution in [0.15, 0.2) is 36.4 Å². The van der Waals surface area contributed by atoms with Crippen molar-refractivity contribution in [1.29, 1.82) is 0 Å². The minimum absolute atomic E-state index is 0.130. The third kappa shape index (κ3) is 3.42. The monoisotopic (exact) mass is 351 g/mol. The Morgan fingerprint density at radius 2 is 1.69 bits per heavy atom. The summed E-state index contributed by atoms with van der Waals surface area (Å²) < 4.78 is 1.88. The van der Waals surface area contributed by atoms with E-state index in [1.807, 2.05) is 48.0 Å². The van der Waals surface area contributed by atoms with Crippen molar-refractivity contribution in [3.8, 4) is 5.69 Å². The molecule has 1 heterocycles. The van der Waals surface area contributed by atoms with Gasteiger partial charge in [-0.25, -0.2) is 4.68 Å². The quantitative estimate of drug-likeness (QED) is 0.779. The van der Waals surface area contributed by atoms with E-state index in [0.717, 1.165) is 43.0 Å². The zero-order valence-electron chi connectivity index (χ0n) is 15.9. The Balaban J connectivity index is 1.56. The second-order valence-corrected chi connectivity index (χ2v) is 7.94. The summed E-state index contributed by atoms with van der Waals surface area (Å²) in [6.45, 7) is 4.30. The molecule has 0 radical (unpaired) electrons. The zero-order chi connectivity index (χ0) is 18.1. The number of para-hydroxylation sites is 1. The molecule has 1 aromatic heterocycles. The van der Waals surface area contributed by atoms with Crippen LogP contribution in [0.5, 0.6) is 0 Å². The third-order valence-electron chi connectivity index (χ3n) is 6.07. The van der Waals surface area contributed by atoms with Crippen molar-refractivity contribution >= 4 is 5.91 Å². The van der Waals surface area contributed by atoms with E-state index >= 15 is 0 Å². The second kappa shape index (κ2) is 7.26. The van der Waals surface area contributed by atoms with Gasteiger partial charge in [-0.2, -0.15) is 5.10 Å². The van der Waals surface area contributed by atoms with Crippen LogP contribution in [0, 0.1) is 12.8 Å². The third-order valence-corrected chi connectivity index (χ3v) is 6.07. The molecule has 2 aliphatic carbocycles. The van der Waals surface area contributed by atoms with Gasteiger partial charge in [-0.05, 0) is 69.6 Å². The lowest BCUT2D eigenvalue weighted by atomic mass is 9.83. The molecular formula is C22H29N3O. The predicted molar refractivity (Wildman–Crippen MR) is 104 cm³/mol. The molecule has 2 aromatic rings. The maximum Gasteiger partial charge on any atom is 0.274 e. The first kappa shape index (κ1) is 17.3. The van der Waals surface area contributed by atoms with E-state index in [-0.39, 0.29) is 5.91 Å². The molecule has 0 aliphatic heterocycles. The van der Waals surface area contributed by atoms with Crippen LogP contribution < -0.4 is 0 Å². The lowest BCUT2D eigenvalue weighted by molar-refractivity contribution is 0.0580. The zero-order valence-corrected chi connectivity index (χ0v) is 15.9. The normalized spacial score (nSPS) is 23.0. The summed E-state index contributed by atoms with van der Waals surface area (Å²) in [6.07, 6.45) is 8.39. The molecule has 138 valence electrons. The fourth-order valence-corrected chi connectivity index (χ4v) is 4.36. The lowest BCUT2D eigenvalue weighted by Gasteiger charge is -2.36. The molecule has 0 spiro atoms. The first-order chi connectivity index (χ1) is 12.7. The standard InChI is InChI=1S/C22H29N3O/c1-3-17-9-11-18(12-10-17)24(19-13-14-19)22(26)21-15-16(2)25(23-21)20-7-5-4-6-8-20/h4-8,15,17-19H,3,9-14H2,1-2H3. The van der Waals surface area contributed by atoms with Crippen LogP contribution in [0.2, 0.25) is 0 Å². The molecule has 0 atom stereocenters. The summed E-state index contributed by atoms with van der Waals surface area (Å²) in [6, 6.07) is 12.8. The summed E-state index contributed by atoms with van der Waals surface area (Å²) in [4.78, 5) is 15.5. The number of hydrogen-bond donors (Lipinski definition) is 0. The second-order valence-electron chi connectivity index (χ2n) is 7.94. The molecule has 1 aromatic carbocycles. The predicted octanol–water partition coefficient (Wildman–Crippen LogP) is 4.75. The van der Waals surface area contributed by atoms with Crippen molar-refractivity contribution < 1.29 is 4.79 Å². The number of carbonyl (C=O) groups is 1. The lowest BCUT2D eigenvalue weighted by Crippen LogP contribution is -2.44. The Hall–Kier alpha value is -2.10. The van der Waals surface area contributed by atoms with Crippen molar-refractivity contribution in [3.63, 3.8) is 0 Å². The SMILES string of the molecule is CCC1CCC(N(C(=O)c2cc(C)n(-c3ccccc3)n2)C2CC2)CC1. The van der Waals surface area contributed by atoms with Gasteiger partial charge in [0.2, 0.25) is 0 Å². The maximum absolute atomic E-state index is 13.3. The van der Waals surface area contributed by atoms with E-state index < -0.39 is 0 Å². The molecule has 4 heteroatoms. The van der Waals surface area contributed by atoms with E-state index in [2.05, 4.69) is 16.9 Å². The number of benzene rings is 1. The summed E-state index contributed by atoms with van der Waals surface area (Å²) in [7, 11) is 0. The van der Waals surface area contributed by atoms with E-state index in [4.69, 9.17) is 0 Å². The van der Waals surface area contributed by atoms with Gasteiger partial charge in [0, 0.05) is 17.8 Å². The van der Waals surface area contributed by atoms with Crippen LogP contribution in [-0.4, -0.2) is 32.7 Å². The first-order valence-corrected chi connectivity index (χ1v) is 10.1. The minimum Gasteiger partial charge on any atom is -0.331 e. The Bertz CT molecular complexity index is 755. The van der Waals surface area contributed by atoms with Gasteiger partial charge < -0.3 is 4.90 Å². The van der Waals surface area contributed by atoms with Gasteiger partial charge in [0.25, 0.3) is 5.91 Å². The highest BCUT2D eigenvalue weighted by molar-refractivity contribution is 5.93. The highest BCUT2D eigenvalue weighted by atomic mass is 16.2. The van der Waals surface area contributed by atoms with Crippen LogP contribution in [0.3, 0.4) is 0 Å². The summed E-state index contributed by atoms with van der Waals surface area (Å²) in [5, 5.41) is 4.66. The largest absolute Gasteiger partial charge is 0.331 e. The fraction of sp³-hybridized carbons (Fsp3) is 0.545. The molecule has 4 nitrogen and oxygen atoms in total. The average Bonchev–Trinajstić information content (AvgIpc) is 3.43. The highest BCUT2D eigenvalue weighted by Crippen LogP contribution is 2.37. The van der Waals surface area contributed by atoms with Crippen LogP contribution in [0.1, 0.15) is 68.1 Å². The topological polar surface area (TPSA) is 38.1 Å². The van der Waals surface area contributed by atoms with Crippen molar-refractivity contribution in [2.24, 2.45) is 5.92 Å². The Morgan fingerprint density at radius 1 is 1.08 bits per heavy atom. The van der Waals surface area contributed by atoms with Crippen LogP contribution >= 0.6 is 0 Å². The first-order valence-electron chi connectivity index (χ1n) is 10.1. The van der Waals surface area contributed by atoms with Gasteiger partial charge in [-0.1, -0.05) is 31.5 Å². The van der Waals surface area contributed by atoms with Gasteiger partial charge >= 0.3 is 0 Å². The van der Waals surface area contributed by atoms with E-state index in [9.17, 15) is 4.79 Å². The van der Waals surface area contributed by atoms with Crippen LogP contribution in [0.4, 0.5) is 0 Å². The molecule has 0 unspecified atom stereocenters. The van der Waals surface area contributed by atoms with Crippen molar-refractivity contribution in [1.82, 2.24) is 14.7 Å². The molecular weight excluding hydrogens is 322 g/mol. The van der Waals surface area contributed by atoms with Gasteiger partial charge in [0.05, 0.1) is 5.69 Å². The van der Waals surface area contributed by atoms with Gasteiger partial charge in [-0.3, -0.25) is 4.79 Å². The van der Waals surface area contributed by atoms with E-state index in [0.29, 0.717) is 17.8 Å². The van der Waals surface area contributed by atoms with Gasteiger partial charge in [-0.15, -0.1) is 0 Å². The van der Waals surface area contributed by atoms with Gasteiger partial charge in [0.15, 0.2) is 5.69 Å². The minimum atomic E-state index is 0.130. The Morgan fingerprint density at radius 3 is 2.27 bits per heavy atom. The molecule has 2 fully saturated rings. The van der Waals surface area contributed by atoms with Crippen molar-refractivity contribution in [3.05, 3.63) is 47.8 Å². The summed E-state index contributed by atoms with van der Waals surface area (Å²) in [5.41, 5.74) is 2.60. The molecule has 26 heavy (non-hydrogen) atoms. The smallest absolute Gasteiger partial charge is 0.274 e. The maximum atomic E-state index is 13.3. The number of amides is 1. The highest BCUT2D eigenvalue weighted by Gasteiger charge is 2.39. The van der Waals surface area contributed by atoms with E-state index in [1.165, 1.54) is 19.3 Å². The molecule has 0 N–H and O–H groups in total. The number of aromatic nitrogens is 2. The van der Waals surface area contributed by atoms with Crippen molar-refractivity contribution in [2.75, 3.05) is 0 Å². The number of nitrogens with zero attached hydrogens (tertiary/aromatic N) is 3. The number of hydrogen-bond acceptors (Lipinski definition) is 2. The van der Waals surface area contributed by atoms with Gasteiger partial charge in [0.1, 0.15) is 0 Å². The Labute approximate surface area is 156 Å². The summed E-state index contributed by atoms with van der Waals surface area (Å²) >= 11 is 0. The average molecular weight is 351 g/mol. The molecule has 4 rings (SSSR count). The van der Waals surface area contributed by atoms with E-state index in [1.54, 1.807) is 0 Å². The fourth-order valence-electron chi connectivity index (χ4n) is 4.36. The number of carbonyl (C=O) groups excluding carboxylic acids is 1. The number of rotatable bonds is 5. The van der Waals surface area contributed by atoms with Crippen LogP contribution in [0.25, 0.3) is 5.69 Å². The molecule has 1 amide bonds. The Kier molecular flexibility index (Phi) is 4.84. The summed E-state index contributed by atoms with van der Waals surface area (Å²) in [5.74, 6) is 0.979. The molecule has 2 aliphatic rings. The molecule has 0 saturated heterocycles.